The molecule has 3 rings (SSSR count). The first kappa shape index (κ1) is 20.6. The van der Waals surface area contributed by atoms with Gasteiger partial charge >= 0.3 is 16.2 Å². The van der Waals surface area contributed by atoms with Crippen molar-refractivity contribution in [3.05, 3.63) is 77.0 Å². The van der Waals surface area contributed by atoms with E-state index >= 15 is 0 Å². The van der Waals surface area contributed by atoms with Crippen molar-refractivity contribution in [1.29, 1.82) is 0 Å². The zero-order valence-electron chi connectivity index (χ0n) is 16.5. The molecule has 0 saturated carbocycles. The molecule has 29 heavy (non-hydrogen) atoms. The lowest BCUT2D eigenvalue weighted by atomic mass is 10.1. The van der Waals surface area contributed by atoms with Gasteiger partial charge in [0.2, 0.25) is 0 Å². The zero-order valence-corrected chi connectivity index (χ0v) is 17.3. The van der Waals surface area contributed by atoms with Crippen molar-refractivity contribution in [2.45, 2.75) is 27.0 Å². The summed E-state index contributed by atoms with van der Waals surface area (Å²) < 4.78 is 40.1. The van der Waals surface area contributed by atoms with Crippen LogP contribution in [0.1, 0.15) is 23.6 Å². The number of methoxy groups -OCH3 is 1. The highest BCUT2D eigenvalue weighted by Crippen LogP contribution is 2.22. The van der Waals surface area contributed by atoms with Gasteiger partial charge in [0.25, 0.3) is 0 Å². The van der Waals surface area contributed by atoms with Gasteiger partial charge in [-0.15, -0.1) is 4.40 Å². The minimum atomic E-state index is -3.92. The number of benzene rings is 2. The van der Waals surface area contributed by atoms with E-state index in [1.165, 1.54) is 13.1 Å². The third-order valence-corrected chi connectivity index (χ3v) is 5.88. The van der Waals surface area contributed by atoms with Crippen LogP contribution >= 0.6 is 0 Å². The summed E-state index contributed by atoms with van der Waals surface area (Å²) in [4.78, 5) is 12.6. The first-order valence-electron chi connectivity index (χ1n) is 8.95. The molecule has 8 heteroatoms. The summed E-state index contributed by atoms with van der Waals surface area (Å²) in [5.41, 5.74) is 2.84. The van der Waals surface area contributed by atoms with Gasteiger partial charge in [-0.2, -0.15) is 8.42 Å². The SMILES string of the molecule is COc1ccc(CN2C=C(C(=O)OCc3ccccc3C)C(C)=NS2(=O)=O)cc1. The Morgan fingerprint density at radius 2 is 1.76 bits per heavy atom. The molecule has 1 aliphatic heterocycles. The number of aryl methyl sites for hydroxylation is 1. The minimum Gasteiger partial charge on any atom is -0.497 e. The van der Waals surface area contributed by atoms with Crippen LogP contribution in [0.25, 0.3) is 0 Å². The summed E-state index contributed by atoms with van der Waals surface area (Å²) in [7, 11) is -2.37. The summed E-state index contributed by atoms with van der Waals surface area (Å²) >= 11 is 0. The van der Waals surface area contributed by atoms with E-state index in [1.807, 2.05) is 31.2 Å². The minimum absolute atomic E-state index is 0.0394. The Labute approximate surface area is 170 Å². The molecule has 0 saturated heterocycles. The smallest absolute Gasteiger partial charge is 0.344 e. The number of carbonyl (C=O) groups excluding carboxylic acids is 1. The van der Waals surface area contributed by atoms with Gasteiger partial charge in [0.05, 0.1) is 24.9 Å². The number of esters is 1. The second kappa shape index (κ2) is 8.48. The van der Waals surface area contributed by atoms with E-state index in [0.717, 1.165) is 21.0 Å². The summed E-state index contributed by atoms with van der Waals surface area (Å²) in [6.07, 6.45) is 1.28. The molecule has 0 unspecified atom stereocenters. The zero-order chi connectivity index (χ0) is 21.0. The molecule has 152 valence electrons. The average molecular weight is 414 g/mol. The normalized spacial score (nSPS) is 15.3. The first-order valence-corrected chi connectivity index (χ1v) is 10.3. The predicted molar refractivity (Wildman–Crippen MR) is 110 cm³/mol. The van der Waals surface area contributed by atoms with E-state index in [1.54, 1.807) is 31.4 Å². The standard InChI is InChI=1S/C21H22N2O5S/c1-15-6-4-5-7-18(15)14-28-21(24)20-13-23(29(25,26)22-16(20)2)12-17-8-10-19(27-3)11-9-17/h4-11,13H,12,14H2,1-3H3. The maximum atomic E-state index is 12.6. The van der Waals surface area contributed by atoms with Gasteiger partial charge in [-0.05, 0) is 42.7 Å². The van der Waals surface area contributed by atoms with Crippen LogP contribution in [-0.2, 0) is 32.9 Å². The van der Waals surface area contributed by atoms with Crippen LogP contribution in [-0.4, -0.2) is 31.5 Å². The van der Waals surface area contributed by atoms with Crippen molar-refractivity contribution in [3.8, 4) is 5.75 Å². The Balaban J connectivity index is 1.78. The summed E-state index contributed by atoms with van der Waals surface area (Å²) in [5.74, 6) is 0.0456. The average Bonchev–Trinajstić information content (AvgIpc) is 2.69. The van der Waals surface area contributed by atoms with E-state index in [9.17, 15) is 13.2 Å². The second-order valence-electron chi connectivity index (χ2n) is 6.59. The second-order valence-corrected chi connectivity index (χ2v) is 8.14. The number of rotatable bonds is 6. The van der Waals surface area contributed by atoms with E-state index in [2.05, 4.69) is 4.40 Å². The summed E-state index contributed by atoms with van der Waals surface area (Å²) in [6, 6.07) is 14.6. The molecule has 0 atom stereocenters. The van der Waals surface area contributed by atoms with Gasteiger partial charge in [0.15, 0.2) is 0 Å². The van der Waals surface area contributed by atoms with Crippen molar-refractivity contribution in [3.63, 3.8) is 0 Å². The summed E-state index contributed by atoms with van der Waals surface area (Å²) in [5, 5.41) is 0. The lowest BCUT2D eigenvalue weighted by Crippen LogP contribution is -2.31. The fraction of sp³-hybridized carbons (Fsp3) is 0.238. The van der Waals surface area contributed by atoms with Gasteiger partial charge in [-0.3, -0.25) is 4.31 Å². The third-order valence-electron chi connectivity index (χ3n) is 4.55. The molecule has 0 bridgehead atoms. The van der Waals surface area contributed by atoms with Crippen LogP contribution in [0, 0.1) is 6.92 Å². The number of nitrogens with zero attached hydrogens (tertiary/aromatic N) is 2. The maximum absolute atomic E-state index is 12.6. The first-order chi connectivity index (χ1) is 13.8. The highest BCUT2D eigenvalue weighted by Gasteiger charge is 2.29. The Morgan fingerprint density at radius 1 is 1.07 bits per heavy atom. The van der Waals surface area contributed by atoms with Gasteiger partial charge in [-0.1, -0.05) is 36.4 Å². The molecule has 0 spiro atoms. The Kier molecular flexibility index (Phi) is 6.03. The third kappa shape index (κ3) is 4.83. The number of ether oxygens (including phenoxy) is 2. The van der Waals surface area contributed by atoms with Gasteiger partial charge in [0, 0.05) is 6.20 Å². The molecule has 0 N–H and O–H groups in total. The van der Waals surface area contributed by atoms with Crippen molar-refractivity contribution in [1.82, 2.24) is 4.31 Å². The number of hydrogen-bond acceptors (Lipinski definition) is 5. The number of carbonyl (C=O) groups is 1. The molecule has 0 amide bonds. The quantitative estimate of drug-likeness (QED) is 0.678. The van der Waals surface area contributed by atoms with Crippen LogP contribution in [0.2, 0.25) is 0 Å². The topological polar surface area (TPSA) is 85.3 Å². The van der Waals surface area contributed by atoms with Crippen LogP contribution < -0.4 is 4.74 Å². The van der Waals surface area contributed by atoms with Gasteiger partial charge < -0.3 is 9.47 Å². The maximum Gasteiger partial charge on any atom is 0.344 e. The molecule has 0 fully saturated rings. The largest absolute Gasteiger partial charge is 0.497 e. The molecular formula is C21H22N2O5S. The van der Waals surface area contributed by atoms with Crippen LogP contribution in [0.4, 0.5) is 0 Å². The Hall–Kier alpha value is -3.13. The lowest BCUT2D eigenvalue weighted by molar-refractivity contribution is -0.139. The monoisotopic (exact) mass is 414 g/mol. The molecule has 7 nitrogen and oxygen atoms in total. The molecular weight excluding hydrogens is 392 g/mol. The molecule has 0 radical (unpaired) electrons. The Morgan fingerprint density at radius 3 is 2.41 bits per heavy atom. The predicted octanol–water partition coefficient (Wildman–Crippen LogP) is 3.15. The molecule has 1 aliphatic rings. The molecule has 1 heterocycles. The highest BCUT2D eigenvalue weighted by molar-refractivity contribution is 7.88. The molecule has 0 aromatic heterocycles. The number of hydrogen-bond donors (Lipinski definition) is 0. The van der Waals surface area contributed by atoms with Gasteiger partial charge in [0.1, 0.15) is 12.4 Å². The van der Waals surface area contributed by atoms with Crippen LogP contribution in [0.15, 0.2) is 64.7 Å². The van der Waals surface area contributed by atoms with Gasteiger partial charge in [-0.25, -0.2) is 4.79 Å². The van der Waals surface area contributed by atoms with Crippen molar-refractivity contribution >= 4 is 21.9 Å². The van der Waals surface area contributed by atoms with E-state index in [0.29, 0.717) is 5.75 Å². The van der Waals surface area contributed by atoms with Crippen molar-refractivity contribution < 1.29 is 22.7 Å². The molecule has 2 aromatic carbocycles. The van der Waals surface area contributed by atoms with E-state index in [-0.39, 0.29) is 24.4 Å². The van der Waals surface area contributed by atoms with Crippen LogP contribution in [0.5, 0.6) is 5.75 Å². The molecule has 0 aliphatic carbocycles. The fourth-order valence-electron chi connectivity index (χ4n) is 2.81. The van der Waals surface area contributed by atoms with E-state index in [4.69, 9.17) is 9.47 Å². The van der Waals surface area contributed by atoms with Crippen molar-refractivity contribution in [2.24, 2.45) is 4.40 Å². The molecule has 2 aromatic rings. The van der Waals surface area contributed by atoms with Crippen molar-refractivity contribution in [2.75, 3.05) is 7.11 Å². The highest BCUT2D eigenvalue weighted by atomic mass is 32.2. The van der Waals surface area contributed by atoms with Crippen LogP contribution in [0.3, 0.4) is 0 Å². The summed E-state index contributed by atoms with van der Waals surface area (Å²) in [6.45, 7) is 3.54. The van der Waals surface area contributed by atoms with E-state index < -0.39 is 16.2 Å². The lowest BCUT2D eigenvalue weighted by Gasteiger charge is -2.23. The Bertz CT molecular complexity index is 1070. The fourth-order valence-corrected chi connectivity index (χ4v) is 3.91.